The third-order valence-corrected chi connectivity index (χ3v) is 1.98. The molecule has 2 unspecified atom stereocenters. The lowest BCUT2D eigenvalue weighted by atomic mass is 9.99. The highest BCUT2D eigenvalue weighted by Crippen LogP contribution is 2.09. The van der Waals surface area contributed by atoms with Crippen LogP contribution in [-0.4, -0.2) is 24.7 Å². The van der Waals surface area contributed by atoms with Crippen LogP contribution in [0.5, 0.6) is 0 Å². The zero-order chi connectivity index (χ0) is 10.6. The molecular weight excluding hydrogens is 166 g/mol. The van der Waals surface area contributed by atoms with Crippen molar-refractivity contribution in [3.05, 3.63) is 0 Å². The van der Waals surface area contributed by atoms with Crippen LogP contribution in [0, 0.1) is 5.92 Å². The van der Waals surface area contributed by atoms with Gasteiger partial charge in [-0.15, -0.1) is 0 Å². The molecule has 0 heterocycles. The quantitative estimate of drug-likeness (QED) is 0.682. The van der Waals surface area contributed by atoms with Crippen LogP contribution >= 0.6 is 0 Å². The first-order valence-corrected chi connectivity index (χ1v) is 4.63. The number of esters is 1. The van der Waals surface area contributed by atoms with Crippen molar-refractivity contribution in [1.29, 1.82) is 0 Å². The summed E-state index contributed by atoms with van der Waals surface area (Å²) in [7, 11) is 1.42. The average Bonchev–Trinajstić information content (AvgIpc) is 1.98. The van der Waals surface area contributed by atoms with E-state index < -0.39 is 0 Å². The lowest BCUT2D eigenvalue weighted by Crippen LogP contribution is -2.47. The summed E-state index contributed by atoms with van der Waals surface area (Å²) in [6.45, 7) is 10.1. The fourth-order valence-electron chi connectivity index (χ4n) is 1.20. The number of carbonyl (C=O) groups is 1. The second kappa shape index (κ2) is 4.61. The minimum atomic E-state index is -0.163. The van der Waals surface area contributed by atoms with Crippen molar-refractivity contribution in [2.45, 2.75) is 46.2 Å². The number of nitrogens with one attached hydrogen (secondary N) is 1. The second-order valence-electron chi connectivity index (χ2n) is 4.49. The Hall–Kier alpha value is -0.570. The maximum Gasteiger partial charge on any atom is 0.309 e. The maximum absolute atomic E-state index is 11.2. The monoisotopic (exact) mass is 187 g/mol. The Labute approximate surface area is 80.8 Å². The predicted octanol–water partition coefficient (Wildman–Crippen LogP) is 1.57. The first-order chi connectivity index (χ1) is 5.78. The van der Waals surface area contributed by atoms with Crippen LogP contribution in [0.15, 0.2) is 0 Å². The van der Waals surface area contributed by atoms with E-state index >= 15 is 0 Å². The van der Waals surface area contributed by atoms with Crippen molar-refractivity contribution in [2.75, 3.05) is 7.11 Å². The Morgan fingerprint density at radius 1 is 1.31 bits per heavy atom. The van der Waals surface area contributed by atoms with Gasteiger partial charge in [0, 0.05) is 11.6 Å². The molecule has 0 bridgehead atoms. The largest absolute Gasteiger partial charge is 0.469 e. The summed E-state index contributed by atoms with van der Waals surface area (Å²) < 4.78 is 4.67. The molecular formula is C10H21NO2. The third-order valence-electron chi connectivity index (χ3n) is 1.98. The van der Waals surface area contributed by atoms with Gasteiger partial charge in [0.15, 0.2) is 0 Å². The molecule has 0 fully saturated rings. The number of methoxy groups -OCH3 is 1. The zero-order valence-electron chi connectivity index (χ0n) is 9.47. The van der Waals surface area contributed by atoms with Gasteiger partial charge in [-0.3, -0.25) is 4.79 Å². The molecule has 0 saturated heterocycles. The van der Waals surface area contributed by atoms with Crippen molar-refractivity contribution in [1.82, 2.24) is 5.32 Å². The van der Waals surface area contributed by atoms with Crippen LogP contribution < -0.4 is 5.32 Å². The smallest absolute Gasteiger partial charge is 0.309 e. The van der Waals surface area contributed by atoms with E-state index in [-0.39, 0.29) is 23.5 Å². The van der Waals surface area contributed by atoms with Crippen LogP contribution in [0.2, 0.25) is 0 Å². The molecule has 3 nitrogen and oxygen atoms in total. The van der Waals surface area contributed by atoms with E-state index in [0.717, 1.165) is 0 Å². The Balaban J connectivity index is 4.11. The first-order valence-electron chi connectivity index (χ1n) is 4.63. The molecule has 0 radical (unpaired) electrons. The molecule has 13 heavy (non-hydrogen) atoms. The second-order valence-corrected chi connectivity index (χ2v) is 4.49. The molecule has 1 N–H and O–H groups in total. The highest BCUT2D eigenvalue weighted by molar-refractivity contribution is 5.72. The Bertz CT molecular complexity index is 172. The number of rotatable bonds is 3. The van der Waals surface area contributed by atoms with E-state index in [1.165, 1.54) is 7.11 Å². The molecule has 0 aliphatic carbocycles. The SMILES string of the molecule is COC(=O)C(C)C(C)NC(C)(C)C. The number of carbonyl (C=O) groups excluding carboxylic acids is 1. The minimum absolute atomic E-state index is 0.0295. The van der Waals surface area contributed by atoms with E-state index in [4.69, 9.17) is 0 Å². The summed E-state index contributed by atoms with van der Waals surface area (Å²) in [4.78, 5) is 11.2. The van der Waals surface area contributed by atoms with Gasteiger partial charge < -0.3 is 10.1 Å². The summed E-state index contributed by atoms with van der Waals surface area (Å²) >= 11 is 0. The molecule has 0 aliphatic heterocycles. The fraction of sp³-hybridized carbons (Fsp3) is 0.900. The van der Waals surface area contributed by atoms with Gasteiger partial charge in [0.2, 0.25) is 0 Å². The Morgan fingerprint density at radius 3 is 2.08 bits per heavy atom. The Kier molecular flexibility index (Phi) is 4.40. The molecule has 0 saturated carbocycles. The van der Waals surface area contributed by atoms with E-state index in [2.05, 4.69) is 30.8 Å². The Morgan fingerprint density at radius 2 is 1.77 bits per heavy atom. The van der Waals surface area contributed by atoms with Crippen molar-refractivity contribution >= 4 is 5.97 Å². The van der Waals surface area contributed by atoms with E-state index in [1.807, 2.05) is 13.8 Å². The van der Waals surface area contributed by atoms with Crippen molar-refractivity contribution in [3.63, 3.8) is 0 Å². The van der Waals surface area contributed by atoms with Crippen molar-refractivity contribution in [3.8, 4) is 0 Å². The molecule has 78 valence electrons. The molecule has 3 heteroatoms. The molecule has 0 aromatic heterocycles. The lowest BCUT2D eigenvalue weighted by molar-refractivity contribution is -0.145. The van der Waals surface area contributed by atoms with Gasteiger partial charge in [0.05, 0.1) is 13.0 Å². The fourth-order valence-corrected chi connectivity index (χ4v) is 1.20. The summed E-state index contributed by atoms with van der Waals surface area (Å²) in [6.07, 6.45) is 0. The van der Waals surface area contributed by atoms with E-state index in [1.54, 1.807) is 0 Å². The standard InChI is InChI=1S/C10H21NO2/c1-7(9(12)13-6)8(2)11-10(3,4)5/h7-8,11H,1-6H3. The molecule has 0 aliphatic rings. The third kappa shape index (κ3) is 4.88. The maximum atomic E-state index is 11.2. The van der Waals surface area contributed by atoms with Gasteiger partial charge in [0.25, 0.3) is 0 Å². The van der Waals surface area contributed by atoms with Gasteiger partial charge in [-0.2, -0.15) is 0 Å². The minimum Gasteiger partial charge on any atom is -0.469 e. The molecule has 0 aromatic rings. The van der Waals surface area contributed by atoms with Crippen LogP contribution in [0.3, 0.4) is 0 Å². The van der Waals surface area contributed by atoms with E-state index in [0.29, 0.717) is 0 Å². The summed E-state index contributed by atoms with van der Waals surface area (Å²) in [6, 6.07) is 0.132. The summed E-state index contributed by atoms with van der Waals surface area (Å²) in [5.74, 6) is -0.270. The molecule has 2 atom stereocenters. The molecule has 0 aromatic carbocycles. The summed E-state index contributed by atoms with van der Waals surface area (Å²) in [5, 5.41) is 3.33. The highest BCUT2D eigenvalue weighted by Gasteiger charge is 2.24. The van der Waals surface area contributed by atoms with Gasteiger partial charge >= 0.3 is 5.97 Å². The molecule has 0 spiro atoms. The van der Waals surface area contributed by atoms with E-state index in [9.17, 15) is 4.79 Å². The number of hydrogen-bond donors (Lipinski definition) is 1. The molecule has 0 rings (SSSR count). The molecule has 0 amide bonds. The van der Waals surface area contributed by atoms with Gasteiger partial charge in [0.1, 0.15) is 0 Å². The van der Waals surface area contributed by atoms with Gasteiger partial charge in [-0.05, 0) is 27.7 Å². The van der Waals surface area contributed by atoms with Crippen LogP contribution in [0.25, 0.3) is 0 Å². The zero-order valence-corrected chi connectivity index (χ0v) is 9.47. The first kappa shape index (κ1) is 12.4. The predicted molar refractivity (Wildman–Crippen MR) is 53.5 cm³/mol. The number of hydrogen-bond acceptors (Lipinski definition) is 3. The normalized spacial score (nSPS) is 16.5. The van der Waals surface area contributed by atoms with Crippen LogP contribution in [0.4, 0.5) is 0 Å². The lowest BCUT2D eigenvalue weighted by Gasteiger charge is -2.28. The van der Waals surface area contributed by atoms with Crippen LogP contribution in [-0.2, 0) is 9.53 Å². The van der Waals surface area contributed by atoms with Crippen molar-refractivity contribution < 1.29 is 9.53 Å². The van der Waals surface area contributed by atoms with Crippen molar-refractivity contribution in [2.24, 2.45) is 5.92 Å². The topological polar surface area (TPSA) is 38.3 Å². The van der Waals surface area contributed by atoms with Gasteiger partial charge in [-0.1, -0.05) is 6.92 Å². The number of ether oxygens (including phenoxy) is 1. The highest BCUT2D eigenvalue weighted by atomic mass is 16.5. The van der Waals surface area contributed by atoms with Gasteiger partial charge in [-0.25, -0.2) is 0 Å². The van der Waals surface area contributed by atoms with Crippen LogP contribution in [0.1, 0.15) is 34.6 Å². The summed E-state index contributed by atoms with van der Waals surface area (Å²) in [5.41, 5.74) is 0.0295. The average molecular weight is 187 g/mol.